The van der Waals surface area contributed by atoms with Gasteiger partial charge in [-0.25, -0.2) is 0 Å². The van der Waals surface area contributed by atoms with E-state index in [1.165, 1.54) is 60.3 Å². The summed E-state index contributed by atoms with van der Waals surface area (Å²) < 4.78 is 168. The summed E-state index contributed by atoms with van der Waals surface area (Å²) in [6, 6.07) is 27.5. The maximum atomic E-state index is 13.5. The van der Waals surface area contributed by atoms with E-state index in [-0.39, 0.29) is 5.75 Å². The predicted molar refractivity (Wildman–Crippen MR) is 195 cm³/mol. The molecular formula is C40H22F12OP2S. The van der Waals surface area contributed by atoms with Crippen molar-refractivity contribution in [3.8, 4) is 11.5 Å². The third-order valence-corrected chi connectivity index (χ3v) is 14.6. The maximum Gasteiger partial charge on any atom is 0.416 e. The first kappa shape index (κ1) is 39.7. The summed E-state index contributed by atoms with van der Waals surface area (Å²) in [4.78, 5) is 1.21. The molecule has 0 spiro atoms. The molecule has 56 heavy (non-hydrogen) atoms. The fourth-order valence-electron chi connectivity index (χ4n) is 5.96. The van der Waals surface area contributed by atoms with E-state index < -0.39 is 62.8 Å². The van der Waals surface area contributed by atoms with Crippen LogP contribution in [0.3, 0.4) is 0 Å². The minimum Gasteiger partial charge on any atom is -0.454 e. The van der Waals surface area contributed by atoms with Crippen LogP contribution in [-0.2, 0) is 24.7 Å². The van der Waals surface area contributed by atoms with Crippen LogP contribution in [0, 0.1) is 0 Å². The van der Waals surface area contributed by atoms with E-state index in [1.54, 1.807) is 36.4 Å². The van der Waals surface area contributed by atoms with E-state index in [9.17, 15) is 52.7 Å². The van der Waals surface area contributed by atoms with Gasteiger partial charge >= 0.3 is 24.7 Å². The number of hydrogen-bond acceptors (Lipinski definition) is 2. The van der Waals surface area contributed by atoms with Crippen molar-refractivity contribution >= 4 is 59.4 Å². The number of rotatable bonds is 6. The first-order valence-corrected chi connectivity index (χ1v) is 19.7. The van der Waals surface area contributed by atoms with Gasteiger partial charge in [-0.3, -0.25) is 0 Å². The van der Waals surface area contributed by atoms with Gasteiger partial charge < -0.3 is 4.74 Å². The van der Waals surface area contributed by atoms with Crippen molar-refractivity contribution < 1.29 is 57.4 Å². The fourth-order valence-corrected chi connectivity index (χ4v) is 11.6. The Hall–Kier alpha value is -4.51. The van der Waals surface area contributed by atoms with Gasteiger partial charge in [-0.15, -0.1) is 0 Å². The van der Waals surface area contributed by atoms with E-state index in [4.69, 9.17) is 4.74 Å². The van der Waals surface area contributed by atoms with Crippen molar-refractivity contribution in [2.45, 2.75) is 34.5 Å². The van der Waals surface area contributed by atoms with Crippen LogP contribution in [0.15, 0.2) is 143 Å². The molecule has 1 aliphatic heterocycles. The Bertz CT molecular complexity index is 2240. The van der Waals surface area contributed by atoms with Gasteiger partial charge in [0.05, 0.1) is 32.0 Å². The molecule has 0 saturated heterocycles. The first-order chi connectivity index (χ1) is 26.3. The lowest BCUT2D eigenvalue weighted by Crippen LogP contribution is -2.24. The van der Waals surface area contributed by atoms with Crippen molar-refractivity contribution in [3.63, 3.8) is 0 Å². The smallest absolute Gasteiger partial charge is 0.416 e. The van der Waals surface area contributed by atoms with Gasteiger partial charge in [0.15, 0.2) is 0 Å². The van der Waals surface area contributed by atoms with Crippen LogP contribution in [0.5, 0.6) is 11.5 Å². The molecule has 0 saturated carbocycles. The van der Waals surface area contributed by atoms with E-state index in [2.05, 4.69) is 0 Å². The lowest BCUT2D eigenvalue weighted by Gasteiger charge is -2.28. The molecule has 1 nitrogen and oxygen atoms in total. The monoisotopic (exact) mass is 840 g/mol. The third-order valence-electron chi connectivity index (χ3n) is 8.63. The molecule has 0 amide bonds. The number of ether oxygens (including phenoxy) is 1. The second-order valence-electron chi connectivity index (χ2n) is 12.3. The van der Waals surface area contributed by atoms with Gasteiger partial charge in [-0.05, 0) is 109 Å². The van der Waals surface area contributed by atoms with E-state index >= 15 is 0 Å². The SMILES string of the molecule is FC(F)(F)c1ccc(P(c2ccc(C(F)(F)F)cc2)c2ccc3c(c2)Oc2c(cccc2P(c2ccc(C(F)(F)F)cc2)c2ccc(C(F)(F)F)cc2)S3)cc1. The summed E-state index contributed by atoms with van der Waals surface area (Å²) in [5.74, 6) is 0.579. The van der Waals surface area contributed by atoms with Crippen LogP contribution in [0.2, 0.25) is 0 Å². The quantitative estimate of drug-likeness (QED) is 0.122. The predicted octanol–water partition coefficient (Wildman–Crippen LogP) is 11.5. The maximum absolute atomic E-state index is 13.5. The van der Waals surface area contributed by atoms with Gasteiger partial charge in [0.25, 0.3) is 0 Å². The Morgan fingerprint density at radius 2 is 0.732 bits per heavy atom. The van der Waals surface area contributed by atoms with Crippen LogP contribution in [-0.4, -0.2) is 0 Å². The minimum atomic E-state index is -4.64. The second-order valence-corrected chi connectivity index (χ2v) is 17.8. The first-order valence-electron chi connectivity index (χ1n) is 16.2. The average molecular weight is 841 g/mol. The molecule has 0 bridgehead atoms. The summed E-state index contributed by atoms with van der Waals surface area (Å²) in [6.07, 6.45) is -18.5. The molecule has 288 valence electrons. The van der Waals surface area contributed by atoms with Crippen molar-refractivity contribution in [1.29, 1.82) is 0 Å². The number of fused-ring (bicyclic) bond motifs is 2. The van der Waals surface area contributed by atoms with Crippen molar-refractivity contribution in [3.05, 3.63) is 156 Å². The molecular weight excluding hydrogens is 818 g/mol. The molecule has 0 atom stereocenters. The summed E-state index contributed by atoms with van der Waals surface area (Å²) >= 11 is 1.28. The molecule has 0 N–H and O–H groups in total. The van der Waals surface area contributed by atoms with Gasteiger partial charge in [0, 0.05) is 5.30 Å². The molecule has 7 rings (SSSR count). The van der Waals surface area contributed by atoms with Crippen molar-refractivity contribution in [2.24, 2.45) is 0 Å². The Morgan fingerprint density at radius 3 is 1.11 bits per heavy atom. The molecule has 6 aromatic carbocycles. The Labute approximate surface area is 317 Å². The van der Waals surface area contributed by atoms with Gasteiger partial charge in [-0.2, -0.15) is 52.7 Å². The van der Waals surface area contributed by atoms with Crippen LogP contribution >= 0.6 is 27.6 Å². The Morgan fingerprint density at radius 1 is 0.375 bits per heavy atom. The summed E-state index contributed by atoms with van der Waals surface area (Å²) in [5.41, 5.74) is -3.64. The number of alkyl halides is 12. The molecule has 0 unspecified atom stereocenters. The van der Waals surface area contributed by atoms with Gasteiger partial charge in [-0.1, -0.05) is 78.5 Å². The number of hydrogen-bond donors (Lipinski definition) is 0. The molecule has 0 radical (unpaired) electrons. The van der Waals surface area contributed by atoms with E-state index in [1.807, 2.05) is 0 Å². The molecule has 1 heterocycles. The Kier molecular flexibility index (Phi) is 10.5. The van der Waals surface area contributed by atoms with Crippen molar-refractivity contribution in [1.82, 2.24) is 0 Å². The molecule has 16 heteroatoms. The van der Waals surface area contributed by atoms with Crippen molar-refractivity contribution in [2.75, 3.05) is 0 Å². The lowest BCUT2D eigenvalue weighted by molar-refractivity contribution is -0.138. The third kappa shape index (κ3) is 8.29. The highest BCUT2D eigenvalue weighted by Gasteiger charge is 2.35. The largest absolute Gasteiger partial charge is 0.454 e. The fraction of sp³-hybridized carbons (Fsp3) is 0.100. The molecule has 0 aliphatic carbocycles. The number of para-hydroxylation sites is 1. The summed E-state index contributed by atoms with van der Waals surface area (Å²) in [5, 5.41) is 2.60. The second kappa shape index (κ2) is 14.8. The zero-order valence-electron chi connectivity index (χ0n) is 27.9. The molecule has 0 aromatic heterocycles. The zero-order valence-corrected chi connectivity index (χ0v) is 30.6. The zero-order chi connectivity index (χ0) is 40.2. The summed E-state index contributed by atoms with van der Waals surface area (Å²) in [6.45, 7) is 0. The molecule has 1 aliphatic rings. The summed E-state index contributed by atoms with van der Waals surface area (Å²) in [7, 11) is -3.56. The standard InChI is InChI=1S/C40H22F12OP2S/c41-37(42,43)23-4-12-27(13-5-23)54(28-14-6-24(7-15-28)38(44,45)46)31-20-21-34-32(22-31)53-36-33(2-1-3-35(36)56-34)55(29-16-8-25(9-17-29)39(47,48)49)30-18-10-26(11-19-30)40(50,51)52/h1-22H. The number of benzene rings is 6. The number of halogens is 12. The van der Waals surface area contributed by atoms with E-state index in [0.29, 0.717) is 47.4 Å². The van der Waals surface area contributed by atoms with Gasteiger partial charge in [0.2, 0.25) is 0 Å². The highest BCUT2D eigenvalue weighted by atomic mass is 32.2. The normalized spacial score (nSPS) is 13.4. The van der Waals surface area contributed by atoms with Gasteiger partial charge in [0.1, 0.15) is 11.5 Å². The molecule has 6 aromatic rings. The van der Waals surface area contributed by atoms with Crippen LogP contribution in [0.1, 0.15) is 22.3 Å². The molecule has 0 fully saturated rings. The van der Waals surface area contributed by atoms with Crippen LogP contribution in [0.25, 0.3) is 0 Å². The minimum absolute atomic E-state index is 0.286. The highest BCUT2D eigenvalue weighted by molar-refractivity contribution is 7.99. The highest BCUT2D eigenvalue weighted by Crippen LogP contribution is 2.51. The average Bonchev–Trinajstić information content (AvgIpc) is 3.14. The van der Waals surface area contributed by atoms with Crippen LogP contribution < -0.4 is 36.6 Å². The lowest BCUT2D eigenvalue weighted by atomic mass is 10.2. The topological polar surface area (TPSA) is 9.23 Å². The van der Waals surface area contributed by atoms with E-state index in [0.717, 1.165) is 48.5 Å². The van der Waals surface area contributed by atoms with Crippen LogP contribution in [0.4, 0.5) is 52.7 Å². The Balaban J connectivity index is 1.32.